The number of nitrogens with one attached hydrogen (secondary N) is 1. The predicted octanol–water partition coefficient (Wildman–Crippen LogP) is 2.69. The summed E-state index contributed by atoms with van der Waals surface area (Å²) in [6, 6.07) is 7.81. The van der Waals surface area contributed by atoms with Gasteiger partial charge in [0.25, 0.3) is 0 Å². The highest BCUT2D eigenvalue weighted by molar-refractivity contribution is 6.30. The first-order chi connectivity index (χ1) is 7.33. The van der Waals surface area contributed by atoms with E-state index in [9.17, 15) is 0 Å². The summed E-state index contributed by atoms with van der Waals surface area (Å²) in [7, 11) is 0. The van der Waals surface area contributed by atoms with Gasteiger partial charge in [0.1, 0.15) is 0 Å². The molecule has 0 saturated heterocycles. The van der Waals surface area contributed by atoms with Crippen molar-refractivity contribution in [1.82, 2.24) is 5.32 Å². The fraction of sp³-hybridized carbons (Fsp3) is 0.455. The molecule has 0 fully saturated rings. The average Bonchev–Trinajstić information content (AvgIpc) is 2.23. The van der Waals surface area contributed by atoms with E-state index in [0.717, 1.165) is 18.1 Å². The maximum atomic E-state index is 5.86. The Balaban J connectivity index is 2.10. The summed E-state index contributed by atoms with van der Waals surface area (Å²) < 4.78 is 5.22. The zero-order chi connectivity index (χ0) is 10.9. The Hall–Kier alpha value is -0.280. The van der Waals surface area contributed by atoms with Crippen molar-refractivity contribution in [2.45, 2.75) is 6.54 Å². The summed E-state index contributed by atoms with van der Waals surface area (Å²) >= 11 is 11.3. The lowest BCUT2D eigenvalue weighted by molar-refractivity contribution is 0.151. The molecule has 0 unspecified atom stereocenters. The second-order valence-corrected chi connectivity index (χ2v) is 3.92. The van der Waals surface area contributed by atoms with Gasteiger partial charge in [-0.15, -0.1) is 11.6 Å². The van der Waals surface area contributed by atoms with Crippen LogP contribution in [0.15, 0.2) is 24.3 Å². The Morgan fingerprint density at radius 1 is 1.27 bits per heavy atom. The lowest BCUT2D eigenvalue weighted by Gasteiger charge is -2.05. The summed E-state index contributed by atoms with van der Waals surface area (Å²) in [6.07, 6.45) is 0. The van der Waals surface area contributed by atoms with E-state index >= 15 is 0 Å². The first-order valence-corrected chi connectivity index (χ1v) is 5.83. The van der Waals surface area contributed by atoms with Gasteiger partial charge in [-0.3, -0.25) is 0 Å². The number of halogens is 2. The smallest absolute Gasteiger partial charge is 0.0602 e. The zero-order valence-corrected chi connectivity index (χ0v) is 10.0. The standard InChI is InChI=1S/C11H15Cl2NO/c12-4-6-15-7-5-14-9-10-2-1-3-11(13)8-10/h1-3,8,14H,4-7,9H2. The molecule has 0 aliphatic rings. The lowest BCUT2D eigenvalue weighted by atomic mass is 10.2. The third kappa shape index (κ3) is 6.00. The van der Waals surface area contributed by atoms with Crippen LogP contribution < -0.4 is 5.32 Å². The molecule has 0 bridgehead atoms. The molecular formula is C11H15Cl2NO. The number of ether oxygens (including phenoxy) is 1. The molecule has 1 aromatic carbocycles. The molecule has 1 N–H and O–H groups in total. The van der Waals surface area contributed by atoms with E-state index in [4.69, 9.17) is 27.9 Å². The number of alkyl halides is 1. The van der Waals surface area contributed by atoms with Crippen molar-refractivity contribution in [2.24, 2.45) is 0 Å². The first kappa shape index (κ1) is 12.8. The number of rotatable bonds is 7. The van der Waals surface area contributed by atoms with Crippen LogP contribution in [0.25, 0.3) is 0 Å². The second-order valence-electron chi connectivity index (χ2n) is 3.11. The highest BCUT2D eigenvalue weighted by atomic mass is 35.5. The summed E-state index contributed by atoms with van der Waals surface area (Å²) in [5.41, 5.74) is 1.18. The highest BCUT2D eigenvalue weighted by Crippen LogP contribution is 2.09. The van der Waals surface area contributed by atoms with Crippen LogP contribution in [0.3, 0.4) is 0 Å². The molecule has 0 heterocycles. The van der Waals surface area contributed by atoms with E-state index in [1.54, 1.807) is 0 Å². The summed E-state index contributed by atoms with van der Waals surface area (Å²) in [4.78, 5) is 0. The SMILES string of the molecule is ClCCOCCNCc1cccc(Cl)c1. The normalized spacial score (nSPS) is 10.5. The molecule has 0 atom stereocenters. The van der Waals surface area contributed by atoms with Crippen LogP contribution in [0.5, 0.6) is 0 Å². The van der Waals surface area contributed by atoms with E-state index in [1.807, 2.05) is 24.3 Å². The Bertz CT molecular complexity index is 281. The van der Waals surface area contributed by atoms with Gasteiger partial charge in [-0.25, -0.2) is 0 Å². The highest BCUT2D eigenvalue weighted by Gasteiger charge is 1.93. The molecule has 0 aliphatic carbocycles. The molecule has 0 spiro atoms. The van der Waals surface area contributed by atoms with Crippen molar-refractivity contribution in [3.8, 4) is 0 Å². The Morgan fingerprint density at radius 3 is 2.87 bits per heavy atom. The van der Waals surface area contributed by atoms with Crippen molar-refractivity contribution in [2.75, 3.05) is 25.6 Å². The van der Waals surface area contributed by atoms with E-state index in [0.29, 0.717) is 19.1 Å². The Morgan fingerprint density at radius 2 is 2.13 bits per heavy atom. The second kappa shape index (κ2) is 7.94. The fourth-order valence-electron chi connectivity index (χ4n) is 1.18. The van der Waals surface area contributed by atoms with E-state index in [-0.39, 0.29) is 0 Å². The maximum absolute atomic E-state index is 5.86. The Kier molecular flexibility index (Phi) is 6.77. The zero-order valence-electron chi connectivity index (χ0n) is 8.51. The van der Waals surface area contributed by atoms with Crippen LogP contribution in [0.4, 0.5) is 0 Å². The third-order valence-electron chi connectivity index (χ3n) is 1.86. The van der Waals surface area contributed by atoms with Gasteiger partial charge in [-0.1, -0.05) is 23.7 Å². The molecular weight excluding hydrogens is 233 g/mol. The van der Waals surface area contributed by atoms with Crippen LogP contribution in [-0.4, -0.2) is 25.6 Å². The average molecular weight is 248 g/mol. The minimum absolute atomic E-state index is 0.550. The lowest BCUT2D eigenvalue weighted by Crippen LogP contribution is -2.19. The minimum atomic E-state index is 0.550. The van der Waals surface area contributed by atoms with Crippen molar-refractivity contribution in [3.63, 3.8) is 0 Å². The van der Waals surface area contributed by atoms with Crippen molar-refractivity contribution in [3.05, 3.63) is 34.9 Å². The fourth-order valence-corrected chi connectivity index (χ4v) is 1.50. The van der Waals surface area contributed by atoms with Gasteiger partial charge in [0.15, 0.2) is 0 Å². The number of hydrogen-bond donors (Lipinski definition) is 1. The van der Waals surface area contributed by atoms with Crippen LogP contribution in [0, 0.1) is 0 Å². The van der Waals surface area contributed by atoms with Crippen LogP contribution in [0.1, 0.15) is 5.56 Å². The molecule has 1 rings (SSSR count). The van der Waals surface area contributed by atoms with Gasteiger partial charge >= 0.3 is 0 Å². The summed E-state index contributed by atoms with van der Waals surface area (Å²) in [6.45, 7) is 2.93. The first-order valence-electron chi connectivity index (χ1n) is 4.92. The molecule has 1 aromatic rings. The van der Waals surface area contributed by atoms with E-state index in [2.05, 4.69) is 5.32 Å². The van der Waals surface area contributed by atoms with Crippen LogP contribution in [-0.2, 0) is 11.3 Å². The van der Waals surface area contributed by atoms with E-state index in [1.165, 1.54) is 5.56 Å². The Labute approximate surface area is 101 Å². The monoisotopic (exact) mass is 247 g/mol. The molecule has 4 heteroatoms. The van der Waals surface area contributed by atoms with Gasteiger partial charge < -0.3 is 10.1 Å². The molecule has 84 valence electrons. The van der Waals surface area contributed by atoms with Crippen molar-refractivity contribution in [1.29, 1.82) is 0 Å². The summed E-state index contributed by atoms with van der Waals surface area (Å²) in [5, 5.41) is 4.03. The topological polar surface area (TPSA) is 21.3 Å². The molecule has 2 nitrogen and oxygen atoms in total. The van der Waals surface area contributed by atoms with Gasteiger partial charge in [-0.2, -0.15) is 0 Å². The molecule has 0 aliphatic heterocycles. The molecule has 0 saturated carbocycles. The van der Waals surface area contributed by atoms with Crippen LogP contribution >= 0.6 is 23.2 Å². The molecule has 0 radical (unpaired) electrons. The van der Waals surface area contributed by atoms with Gasteiger partial charge in [0.2, 0.25) is 0 Å². The number of hydrogen-bond acceptors (Lipinski definition) is 2. The number of benzene rings is 1. The maximum Gasteiger partial charge on any atom is 0.0602 e. The summed E-state index contributed by atoms with van der Waals surface area (Å²) in [5.74, 6) is 0.550. The molecule has 0 amide bonds. The quantitative estimate of drug-likeness (QED) is 0.591. The van der Waals surface area contributed by atoms with Gasteiger partial charge in [0, 0.05) is 24.0 Å². The third-order valence-corrected chi connectivity index (χ3v) is 2.25. The predicted molar refractivity (Wildman–Crippen MR) is 64.7 cm³/mol. The van der Waals surface area contributed by atoms with Gasteiger partial charge in [-0.05, 0) is 17.7 Å². The minimum Gasteiger partial charge on any atom is -0.379 e. The van der Waals surface area contributed by atoms with E-state index < -0.39 is 0 Å². The van der Waals surface area contributed by atoms with Crippen molar-refractivity contribution >= 4 is 23.2 Å². The van der Waals surface area contributed by atoms with Crippen molar-refractivity contribution < 1.29 is 4.74 Å². The molecule has 15 heavy (non-hydrogen) atoms. The van der Waals surface area contributed by atoms with Gasteiger partial charge in [0.05, 0.1) is 13.2 Å². The largest absolute Gasteiger partial charge is 0.379 e. The van der Waals surface area contributed by atoms with Crippen LogP contribution in [0.2, 0.25) is 5.02 Å². The molecule has 0 aromatic heterocycles.